The highest BCUT2D eigenvalue weighted by Gasteiger charge is 2.50. The highest BCUT2D eigenvalue weighted by atomic mass is 32.2. The van der Waals surface area contributed by atoms with Crippen LogP contribution in [0, 0.1) is 0 Å². The molecular weight excluding hydrogens is 288 g/mol. The number of hydrogen-bond donors (Lipinski definition) is 1. The average molecular weight is 304 g/mol. The van der Waals surface area contributed by atoms with E-state index in [0.29, 0.717) is 11.1 Å². The predicted molar refractivity (Wildman–Crippen MR) is 79.2 cm³/mol. The van der Waals surface area contributed by atoms with Crippen LogP contribution < -0.4 is 0 Å². The summed E-state index contributed by atoms with van der Waals surface area (Å²) in [6.45, 7) is 0.106. The van der Waals surface area contributed by atoms with Crippen LogP contribution in [0.25, 0.3) is 0 Å². The summed E-state index contributed by atoms with van der Waals surface area (Å²) in [5.41, 5.74) is -0.511. The minimum atomic E-state index is -3.79. The van der Waals surface area contributed by atoms with E-state index in [9.17, 15) is 13.5 Å². The number of rotatable bonds is 3. The number of aliphatic hydroxyl groups is 1. The molecule has 1 saturated heterocycles. The first-order chi connectivity index (χ1) is 10.0. The van der Waals surface area contributed by atoms with Crippen molar-refractivity contribution in [3.05, 3.63) is 71.8 Å². The summed E-state index contributed by atoms with van der Waals surface area (Å²) in [5, 5.41) is 10.3. The zero-order valence-electron chi connectivity index (χ0n) is 11.3. The van der Waals surface area contributed by atoms with E-state index < -0.39 is 21.0 Å². The van der Waals surface area contributed by atoms with Crippen LogP contribution in [0.3, 0.4) is 0 Å². The summed E-state index contributed by atoms with van der Waals surface area (Å²) >= 11 is 0. The summed E-state index contributed by atoms with van der Waals surface area (Å²) in [5.74, 6) is 0. The van der Waals surface area contributed by atoms with Crippen molar-refractivity contribution in [2.45, 2.75) is 17.3 Å². The Hall–Kier alpha value is -1.69. The SMILES string of the molecule is O=S1(=O)OCCC1C(O)(c1ccccc1)c1ccccc1. The zero-order chi connectivity index (χ0) is 14.9. The molecule has 2 aromatic rings. The van der Waals surface area contributed by atoms with Crippen LogP contribution >= 0.6 is 0 Å². The molecule has 0 aromatic heterocycles. The molecule has 5 heteroatoms. The summed E-state index contributed by atoms with van der Waals surface area (Å²) in [4.78, 5) is 0. The lowest BCUT2D eigenvalue weighted by Crippen LogP contribution is -2.43. The average Bonchev–Trinajstić information content (AvgIpc) is 2.88. The molecule has 21 heavy (non-hydrogen) atoms. The van der Waals surface area contributed by atoms with E-state index >= 15 is 0 Å². The van der Waals surface area contributed by atoms with Crippen molar-refractivity contribution in [1.29, 1.82) is 0 Å². The molecule has 110 valence electrons. The highest BCUT2D eigenvalue weighted by molar-refractivity contribution is 7.87. The molecule has 0 bridgehead atoms. The first-order valence-corrected chi connectivity index (χ1v) is 8.24. The summed E-state index contributed by atoms with van der Waals surface area (Å²) in [6, 6.07) is 17.7. The molecule has 1 heterocycles. The van der Waals surface area contributed by atoms with E-state index in [1.807, 2.05) is 12.1 Å². The molecule has 3 rings (SSSR count). The van der Waals surface area contributed by atoms with Gasteiger partial charge in [0.2, 0.25) is 0 Å². The lowest BCUT2D eigenvalue weighted by atomic mass is 9.82. The van der Waals surface area contributed by atoms with Gasteiger partial charge >= 0.3 is 0 Å². The monoisotopic (exact) mass is 304 g/mol. The molecule has 1 atom stereocenters. The summed E-state index contributed by atoms with van der Waals surface area (Å²) in [6.07, 6.45) is 0.266. The number of benzene rings is 2. The van der Waals surface area contributed by atoms with Crippen LogP contribution in [0.15, 0.2) is 60.7 Å². The van der Waals surface area contributed by atoms with Crippen molar-refractivity contribution in [2.75, 3.05) is 6.61 Å². The first-order valence-electron chi connectivity index (χ1n) is 6.77. The Bertz CT molecular complexity index is 671. The first kappa shape index (κ1) is 14.3. The van der Waals surface area contributed by atoms with Crippen LogP contribution in [-0.2, 0) is 19.9 Å². The molecule has 1 fully saturated rings. The molecule has 1 N–H and O–H groups in total. The van der Waals surface area contributed by atoms with Crippen molar-refractivity contribution in [3.63, 3.8) is 0 Å². The van der Waals surface area contributed by atoms with E-state index in [1.165, 1.54) is 0 Å². The second-order valence-electron chi connectivity index (χ2n) is 5.09. The maximum absolute atomic E-state index is 12.2. The topological polar surface area (TPSA) is 63.6 Å². The van der Waals surface area contributed by atoms with Gasteiger partial charge in [0.15, 0.2) is 0 Å². The Morgan fingerprint density at radius 1 is 0.952 bits per heavy atom. The Kier molecular flexibility index (Phi) is 3.57. The second kappa shape index (κ2) is 5.26. The van der Waals surface area contributed by atoms with E-state index in [1.54, 1.807) is 48.5 Å². The fourth-order valence-corrected chi connectivity index (χ4v) is 4.41. The molecule has 0 spiro atoms. The third-order valence-electron chi connectivity index (χ3n) is 3.87. The lowest BCUT2D eigenvalue weighted by Gasteiger charge is -2.33. The van der Waals surface area contributed by atoms with Gasteiger partial charge in [0.1, 0.15) is 10.9 Å². The highest BCUT2D eigenvalue weighted by Crippen LogP contribution is 2.40. The van der Waals surface area contributed by atoms with Crippen LogP contribution in [0.4, 0.5) is 0 Å². The van der Waals surface area contributed by atoms with E-state index in [0.717, 1.165) is 0 Å². The van der Waals surface area contributed by atoms with E-state index in [2.05, 4.69) is 0 Å². The van der Waals surface area contributed by atoms with Gasteiger partial charge in [-0.3, -0.25) is 4.18 Å². The minimum absolute atomic E-state index is 0.106. The van der Waals surface area contributed by atoms with Gasteiger partial charge in [-0.15, -0.1) is 0 Å². The molecule has 1 aliphatic rings. The minimum Gasteiger partial charge on any atom is -0.379 e. The van der Waals surface area contributed by atoms with Gasteiger partial charge in [0.25, 0.3) is 10.1 Å². The van der Waals surface area contributed by atoms with Gasteiger partial charge in [0.05, 0.1) is 6.61 Å². The van der Waals surface area contributed by atoms with Crippen molar-refractivity contribution < 1.29 is 17.7 Å². The van der Waals surface area contributed by atoms with E-state index in [-0.39, 0.29) is 13.0 Å². The standard InChI is InChI=1S/C16H16O4S/c17-16(13-7-3-1-4-8-13,14-9-5-2-6-10-14)15-11-12-20-21(15,18)19/h1-10,15,17H,11-12H2. The third kappa shape index (κ3) is 2.37. The molecule has 0 saturated carbocycles. The fraction of sp³-hybridized carbons (Fsp3) is 0.250. The molecule has 1 aliphatic heterocycles. The quantitative estimate of drug-likeness (QED) is 0.881. The van der Waals surface area contributed by atoms with Gasteiger partial charge in [-0.25, -0.2) is 0 Å². The Balaban J connectivity index is 2.21. The van der Waals surface area contributed by atoms with Gasteiger partial charge in [-0.05, 0) is 17.5 Å². The maximum Gasteiger partial charge on any atom is 0.273 e. The summed E-state index contributed by atoms with van der Waals surface area (Å²) in [7, 11) is -3.79. The van der Waals surface area contributed by atoms with Gasteiger partial charge in [-0.1, -0.05) is 60.7 Å². The van der Waals surface area contributed by atoms with Crippen LogP contribution in [-0.4, -0.2) is 25.4 Å². The zero-order valence-corrected chi connectivity index (χ0v) is 12.2. The molecule has 1 unspecified atom stereocenters. The Morgan fingerprint density at radius 2 is 1.43 bits per heavy atom. The van der Waals surface area contributed by atoms with Crippen molar-refractivity contribution >= 4 is 10.1 Å². The van der Waals surface area contributed by atoms with Gasteiger partial charge < -0.3 is 5.11 Å². The lowest BCUT2D eigenvalue weighted by molar-refractivity contribution is 0.0753. The van der Waals surface area contributed by atoms with Crippen molar-refractivity contribution in [3.8, 4) is 0 Å². The molecule has 0 amide bonds. The van der Waals surface area contributed by atoms with Gasteiger partial charge in [0, 0.05) is 0 Å². The van der Waals surface area contributed by atoms with Gasteiger partial charge in [-0.2, -0.15) is 8.42 Å². The van der Waals surface area contributed by atoms with Crippen molar-refractivity contribution in [1.82, 2.24) is 0 Å². The molecule has 4 nitrogen and oxygen atoms in total. The van der Waals surface area contributed by atoms with Crippen LogP contribution in [0.5, 0.6) is 0 Å². The van der Waals surface area contributed by atoms with Crippen LogP contribution in [0.1, 0.15) is 17.5 Å². The molecule has 0 aliphatic carbocycles. The smallest absolute Gasteiger partial charge is 0.273 e. The number of hydrogen-bond acceptors (Lipinski definition) is 4. The maximum atomic E-state index is 12.2. The second-order valence-corrected chi connectivity index (χ2v) is 6.88. The fourth-order valence-electron chi connectivity index (χ4n) is 2.84. The predicted octanol–water partition coefficient (Wildman–Crippen LogP) is 2.04. The third-order valence-corrected chi connectivity index (χ3v) is 5.64. The van der Waals surface area contributed by atoms with E-state index in [4.69, 9.17) is 4.18 Å². The molecular formula is C16H16O4S. The molecule has 0 radical (unpaired) electrons. The molecule has 2 aromatic carbocycles. The summed E-state index contributed by atoms with van der Waals surface area (Å²) < 4.78 is 29.2. The largest absolute Gasteiger partial charge is 0.379 e. The van der Waals surface area contributed by atoms with Crippen LogP contribution in [0.2, 0.25) is 0 Å². The Labute approximate surface area is 124 Å². The Morgan fingerprint density at radius 3 is 1.81 bits per heavy atom. The normalized spacial score (nSPS) is 21.3. The van der Waals surface area contributed by atoms with Crippen molar-refractivity contribution in [2.24, 2.45) is 0 Å².